The van der Waals surface area contributed by atoms with E-state index in [4.69, 9.17) is 11.6 Å². The van der Waals surface area contributed by atoms with Gasteiger partial charge in [0.15, 0.2) is 0 Å². The van der Waals surface area contributed by atoms with E-state index in [1.54, 1.807) is 6.07 Å². The van der Waals surface area contributed by atoms with Crippen molar-refractivity contribution in [2.75, 3.05) is 25.0 Å². The SMILES string of the molecule is O=C(c1cn(Cc2cccc(F)c2)c2cc(Cl)ccc12)N1CCC2(CC1)CNc1ccccc12. The fraction of sp³-hybridized carbons (Fsp3) is 0.250. The van der Waals surface area contributed by atoms with Crippen molar-refractivity contribution in [1.29, 1.82) is 0 Å². The maximum atomic E-state index is 13.7. The van der Waals surface area contributed by atoms with Gasteiger partial charge in [0.25, 0.3) is 5.91 Å². The molecule has 0 atom stereocenters. The number of benzene rings is 3. The van der Waals surface area contributed by atoms with Crippen molar-refractivity contribution in [2.45, 2.75) is 24.8 Å². The summed E-state index contributed by atoms with van der Waals surface area (Å²) in [5.74, 6) is -0.229. The lowest BCUT2D eigenvalue weighted by Gasteiger charge is -2.39. The second kappa shape index (κ2) is 8.17. The van der Waals surface area contributed by atoms with Crippen LogP contribution in [-0.2, 0) is 12.0 Å². The van der Waals surface area contributed by atoms with Crippen molar-refractivity contribution in [2.24, 2.45) is 0 Å². The predicted molar refractivity (Wildman–Crippen MR) is 134 cm³/mol. The Morgan fingerprint density at radius 1 is 1.03 bits per heavy atom. The zero-order valence-electron chi connectivity index (χ0n) is 18.7. The Kier molecular flexibility index (Phi) is 5.10. The van der Waals surface area contributed by atoms with Gasteiger partial charge in [-0.15, -0.1) is 0 Å². The molecule has 4 aromatic rings. The van der Waals surface area contributed by atoms with Crippen LogP contribution < -0.4 is 5.32 Å². The van der Waals surface area contributed by atoms with Crippen LogP contribution in [0.4, 0.5) is 10.1 Å². The van der Waals surface area contributed by atoms with Crippen molar-refractivity contribution < 1.29 is 9.18 Å². The highest BCUT2D eigenvalue weighted by atomic mass is 35.5. The number of hydrogen-bond donors (Lipinski definition) is 1. The molecule has 34 heavy (non-hydrogen) atoms. The van der Waals surface area contributed by atoms with E-state index in [0.717, 1.165) is 48.9 Å². The van der Waals surface area contributed by atoms with Gasteiger partial charge in [-0.05, 0) is 54.3 Å². The van der Waals surface area contributed by atoms with Crippen LogP contribution in [0.2, 0.25) is 5.02 Å². The Labute approximate surface area is 202 Å². The van der Waals surface area contributed by atoms with Crippen molar-refractivity contribution >= 4 is 34.1 Å². The first kappa shape index (κ1) is 21.2. The third-order valence-electron chi connectivity index (χ3n) is 7.44. The standard InChI is InChI=1S/C28H25ClFN3O/c29-20-8-9-22-23(17-33(26(22)15-20)16-19-4-3-5-21(30)14-19)27(34)32-12-10-28(11-13-32)18-31-25-7-2-1-6-24(25)28/h1-9,14-15,17,31H,10-13,16,18H2. The number of likely N-dealkylation sites (tertiary alicyclic amines) is 1. The molecule has 1 amide bonds. The van der Waals surface area contributed by atoms with Gasteiger partial charge in [0.2, 0.25) is 0 Å². The maximum Gasteiger partial charge on any atom is 0.256 e. The van der Waals surface area contributed by atoms with Gasteiger partial charge in [-0.25, -0.2) is 4.39 Å². The van der Waals surface area contributed by atoms with Crippen LogP contribution in [0.15, 0.2) is 72.9 Å². The molecule has 1 aromatic heterocycles. The molecule has 2 aliphatic rings. The summed E-state index contributed by atoms with van der Waals surface area (Å²) in [6, 6.07) is 20.7. The van der Waals surface area contributed by atoms with Gasteiger partial charge in [-0.3, -0.25) is 4.79 Å². The molecule has 3 aromatic carbocycles. The van der Waals surface area contributed by atoms with E-state index in [-0.39, 0.29) is 17.1 Å². The average molecular weight is 474 g/mol. The van der Waals surface area contributed by atoms with Gasteiger partial charge in [-0.2, -0.15) is 0 Å². The van der Waals surface area contributed by atoms with E-state index in [1.165, 1.54) is 23.4 Å². The van der Waals surface area contributed by atoms with Gasteiger partial charge in [0.05, 0.1) is 11.1 Å². The number of fused-ring (bicyclic) bond motifs is 3. The minimum Gasteiger partial charge on any atom is -0.384 e. The van der Waals surface area contributed by atoms with Crippen molar-refractivity contribution in [3.8, 4) is 0 Å². The topological polar surface area (TPSA) is 37.3 Å². The molecule has 1 saturated heterocycles. The fourth-order valence-electron chi connectivity index (χ4n) is 5.61. The van der Waals surface area contributed by atoms with E-state index in [9.17, 15) is 9.18 Å². The molecule has 0 radical (unpaired) electrons. The molecule has 6 heteroatoms. The van der Waals surface area contributed by atoms with Crippen LogP contribution in [0.25, 0.3) is 10.9 Å². The Balaban J connectivity index is 1.28. The molecular formula is C28H25ClFN3O. The monoisotopic (exact) mass is 473 g/mol. The number of carbonyl (C=O) groups is 1. The predicted octanol–water partition coefficient (Wildman–Crippen LogP) is 6.08. The number of rotatable bonds is 3. The normalized spacial score (nSPS) is 16.6. The minimum atomic E-state index is -0.270. The van der Waals surface area contributed by atoms with Crippen LogP contribution in [0.1, 0.15) is 34.3 Å². The summed E-state index contributed by atoms with van der Waals surface area (Å²) in [5, 5.41) is 5.03. The molecule has 4 nitrogen and oxygen atoms in total. The first-order valence-corrected chi connectivity index (χ1v) is 12.1. The number of piperidine rings is 1. The van der Waals surface area contributed by atoms with Crippen LogP contribution in [-0.4, -0.2) is 35.0 Å². The minimum absolute atomic E-state index is 0.0411. The number of carbonyl (C=O) groups excluding carboxylic acids is 1. The molecule has 0 saturated carbocycles. The molecule has 1 N–H and O–H groups in total. The third-order valence-corrected chi connectivity index (χ3v) is 7.68. The second-order valence-corrected chi connectivity index (χ2v) is 9.87. The highest BCUT2D eigenvalue weighted by Crippen LogP contribution is 2.44. The first-order chi connectivity index (χ1) is 16.5. The smallest absolute Gasteiger partial charge is 0.256 e. The number of anilines is 1. The summed E-state index contributed by atoms with van der Waals surface area (Å²) in [7, 11) is 0. The molecule has 6 rings (SSSR count). The lowest BCUT2D eigenvalue weighted by Crippen LogP contribution is -2.46. The zero-order valence-corrected chi connectivity index (χ0v) is 19.5. The average Bonchev–Trinajstić information content (AvgIpc) is 3.38. The van der Waals surface area contributed by atoms with E-state index < -0.39 is 0 Å². The third kappa shape index (κ3) is 3.55. The van der Waals surface area contributed by atoms with Crippen LogP contribution in [0.5, 0.6) is 0 Å². The zero-order chi connectivity index (χ0) is 23.3. The molecule has 0 bridgehead atoms. The van der Waals surface area contributed by atoms with Gasteiger partial charge < -0.3 is 14.8 Å². The highest BCUT2D eigenvalue weighted by molar-refractivity contribution is 6.31. The van der Waals surface area contributed by atoms with Crippen LogP contribution in [0.3, 0.4) is 0 Å². The lowest BCUT2D eigenvalue weighted by molar-refractivity contribution is 0.0678. The van der Waals surface area contributed by atoms with Crippen LogP contribution >= 0.6 is 11.6 Å². The quantitative estimate of drug-likeness (QED) is 0.391. The number of nitrogens with zero attached hydrogens (tertiary/aromatic N) is 2. The van der Waals surface area contributed by atoms with Gasteiger partial charge in [0.1, 0.15) is 5.82 Å². The summed E-state index contributed by atoms with van der Waals surface area (Å²) in [6.07, 6.45) is 3.78. The molecule has 0 unspecified atom stereocenters. The molecular weight excluding hydrogens is 449 g/mol. The summed E-state index contributed by atoms with van der Waals surface area (Å²) in [6.45, 7) is 2.84. The van der Waals surface area contributed by atoms with E-state index in [0.29, 0.717) is 17.1 Å². The molecule has 2 aliphatic heterocycles. The summed E-state index contributed by atoms with van der Waals surface area (Å²) < 4.78 is 15.7. The van der Waals surface area contributed by atoms with Crippen molar-refractivity contribution in [3.63, 3.8) is 0 Å². The Morgan fingerprint density at radius 2 is 1.85 bits per heavy atom. The largest absolute Gasteiger partial charge is 0.384 e. The summed E-state index contributed by atoms with van der Waals surface area (Å²) in [5.41, 5.74) is 5.09. The number of aromatic nitrogens is 1. The number of para-hydroxylation sites is 1. The molecule has 1 spiro atoms. The van der Waals surface area contributed by atoms with Crippen molar-refractivity contribution in [1.82, 2.24) is 9.47 Å². The lowest BCUT2D eigenvalue weighted by atomic mass is 9.74. The highest BCUT2D eigenvalue weighted by Gasteiger charge is 2.42. The Bertz CT molecular complexity index is 1400. The van der Waals surface area contributed by atoms with Gasteiger partial charge >= 0.3 is 0 Å². The number of nitrogens with one attached hydrogen (secondary N) is 1. The number of hydrogen-bond acceptors (Lipinski definition) is 2. The number of halogens is 2. The van der Waals surface area contributed by atoms with Gasteiger partial charge in [0, 0.05) is 53.9 Å². The molecule has 0 aliphatic carbocycles. The van der Waals surface area contributed by atoms with E-state index in [1.807, 2.05) is 39.9 Å². The van der Waals surface area contributed by atoms with E-state index in [2.05, 4.69) is 29.6 Å². The Morgan fingerprint density at radius 3 is 2.68 bits per heavy atom. The maximum absolute atomic E-state index is 13.7. The summed E-state index contributed by atoms with van der Waals surface area (Å²) >= 11 is 6.29. The second-order valence-electron chi connectivity index (χ2n) is 9.43. The van der Waals surface area contributed by atoms with Gasteiger partial charge in [-0.1, -0.05) is 48.0 Å². The fourth-order valence-corrected chi connectivity index (χ4v) is 5.78. The Hall–Kier alpha value is -3.31. The molecule has 1 fully saturated rings. The van der Waals surface area contributed by atoms with Crippen LogP contribution in [0, 0.1) is 5.82 Å². The summed E-state index contributed by atoms with van der Waals surface area (Å²) in [4.78, 5) is 15.6. The first-order valence-electron chi connectivity index (χ1n) is 11.7. The van der Waals surface area contributed by atoms with E-state index >= 15 is 0 Å². The molecule has 3 heterocycles. The van der Waals surface area contributed by atoms with Crippen molar-refractivity contribution in [3.05, 3.63) is 100 Å². The number of amides is 1. The molecule has 172 valence electrons.